The topological polar surface area (TPSA) is 65.3 Å². The Morgan fingerprint density at radius 3 is 2.74 bits per heavy atom. The molecule has 98 valence electrons. The largest absolute Gasteiger partial charge is 0.438 e. The van der Waals surface area contributed by atoms with Gasteiger partial charge < -0.3 is 4.74 Å². The van der Waals surface area contributed by atoms with E-state index in [-0.39, 0.29) is 10.7 Å². The molecule has 19 heavy (non-hydrogen) atoms. The van der Waals surface area contributed by atoms with Crippen LogP contribution in [0.1, 0.15) is 5.56 Å². The van der Waals surface area contributed by atoms with Crippen LogP contribution in [0.25, 0.3) is 0 Å². The maximum absolute atomic E-state index is 10.6. The third kappa shape index (κ3) is 3.21. The molecule has 2 aromatic rings. The van der Waals surface area contributed by atoms with Crippen LogP contribution in [0.2, 0.25) is 5.02 Å². The Labute approximate surface area is 122 Å². The molecule has 0 amide bonds. The SMILES string of the molecule is Cc1cnc(Oc2ccc([N+](=O)[O-])c(Cl)c2)c(Br)c1. The van der Waals surface area contributed by atoms with Gasteiger partial charge in [-0.25, -0.2) is 4.98 Å². The predicted molar refractivity (Wildman–Crippen MR) is 74.9 cm³/mol. The molecular weight excluding hydrogens is 335 g/mol. The highest BCUT2D eigenvalue weighted by atomic mass is 79.9. The summed E-state index contributed by atoms with van der Waals surface area (Å²) >= 11 is 9.13. The highest BCUT2D eigenvalue weighted by Gasteiger charge is 2.13. The monoisotopic (exact) mass is 342 g/mol. The van der Waals surface area contributed by atoms with Crippen molar-refractivity contribution in [3.8, 4) is 11.6 Å². The lowest BCUT2D eigenvalue weighted by Gasteiger charge is -2.07. The summed E-state index contributed by atoms with van der Waals surface area (Å²) < 4.78 is 6.21. The molecule has 0 radical (unpaired) electrons. The molecule has 0 unspecified atom stereocenters. The quantitative estimate of drug-likeness (QED) is 0.607. The van der Waals surface area contributed by atoms with Gasteiger partial charge in [0, 0.05) is 18.3 Å². The Hall–Kier alpha value is -1.66. The average molecular weight is 344 g/mol. The summed E-state index contributed by atoms with van der Waals surface area (Å²) in [4.78, 5) is 14.2. The lowest BCUT2D eigenvalue weighted by atomic mass is 10.3. The lowest BCUT2D eigenvalue weighted by molar-refractivity contribution is -0.384. The highest BCUT2D eigenvalue weighted by Crippen LogP contribution is 2.32. The number of hydrogen-bond donors (Lipinski definition) is 0. The number of halogens is 2. The number of benzene rings is 1. The molecule has 0 spiro atoms. The van der Waals surface area contributed by atoms with E-state index < -0.39 is 4.92 Å². The molecule has 2 rings (SSSR count). The molecule has 1 aromatic heterocycles. The van der Waals surface area contributed by atoms with Gasteiger partial charge in [0.05, 0.1) is 9.40 Å². The third-order valence-electron chi connectivity index (χ3n) is 2.27. The number of nitrogens with zero attached hydrogens (tertiary/aromatic N) is 2. The molecule has 0 aliphatic rings. The summed E-state index contributed by atoms with van der Waals surface area (Å²) in [7, 11) is 0. The highest BCUT2D eigenvalue weighted by molar-refractivity contribution is 9.10. The number of aryl methyl sites for hydroxylation is 1. The number of ether oxygens (including phenoxy) is 1. The van der Waals surface area contributed by atoms with Crippen LogP contribution in [-0.4, -0.2) is 9.91 Å². The molecule has 1 aromatic carbocycles. The molecule has 0 atom stereocenters. The number of nitro benzene ring substituents is 1. The summed E-state index contributed by atoms with van der Waals surface area (Å²) in [5.41, 5.74) is 0.825. The molecule has 0 aliphatic carbocycles. The van der Waals surface area contributed by atoms with E-state index >= 15 is 0 Å². The molecule has 1 heterocycles. The zero-order chi connectivity index (χ0) is 14.0. The minimum Gasteiger partial charge on any atom is -0.438 e. The number of aromatic nitrogens is 1. The van der Waals surface area contributed by atoms with Crippen molar-refractivity contribution in [2.75, 3.05) is 0 Å². The molecule has 0 fully saturated rings. The van der Waals surface area contributed by atoms with E-state index in [9.17, 15) is 10.1 Å². The summed E-state index contributed by atoms with van der Waals surface area (Å²) in [5.74, 6) is 0.753. The number of hydrogen-bond acceptors (Lipinski definition) is 4. The third-order valence-corrected chi connectivity index (χ3v) is 3.15. The first-order chi connectivity index (χ1) is 8.97. The van der Waals surface area contributed by atoms with Gasteiger partial charge in [-0.2, -0.15) is 0 Å². The van der Waals surface area contributed by atoms with Crippen molar-refractivity contribution in [2.45, 2.75) is 6.92 Å². The fourth-order valence-electron chi connectivity index (χ4n) is 1.41. The zero-order valence-electron chi connectivity index (χ0n) is 9.76. The van der Waals surface area contributed by atoms with E-state index in [0.717, 1.165) is 5.56 Å². The number of rotatable bonds is 3. The first-order valence-electron chi connectivity index (χ1n) is 5.21. The second kappa shape index (κ2) is 5.54. The van der Waals surface area contributed by atoms with Crippen molar-refractivity contribution in [1.82, 2.24) is 4.98 Å². The van der Waals surface area contributed by atoms with Crippen molar-refractivity contribution in [1.29, 1.82) is 0 Å². The molecule has 0 saturated carbocycles. The maximum atomic E-state index is 10.6. The van der Waals surface area contributed by atoms with Gasteiger partial charge in [-0.05, 0) is 40.5 Å². The van der Waals surface area contributed by atoms with Crippen molar-refractivity contribution in [2.24, 2.45) is 0 Å². The maximum Gasteiger partial charge on any atom is 0.288 e. The van der Waals surface area contributed by atoms with Gasteiger partial charge in [-0.3, -0.25) is 10.1 Å². The van der Waals surface area contributed by atoms with Crippen LogP contribution >= 0.6 is 27.5 Å². The lowest BCUT2D eigenvalue weighted by Crippen LogP contribution is -1.92. The molecule has 0 aliphatic heterocycles. The Kier molecular flexibility index (Phi) is 4.01. The Bertz CT molecular complexity index is 649. The Balaban J connectivity index is 2.29. The summed E-state index contributed by atoms with van der Waals surface area (Å²) in [6.07, 6.45) is 1.66. The van der Waals surface area contributed by atoms with Gasteiger partial charge in [0.2, 0.25) is 5.88 Å². The van der Waals surface area contributed by atoms with Crippen LogP contribution in [-0.2, 0) is 0 Å². The number of pyridine rings is 1. The molecule has 7 heteroatoms. The van der Waals surface area contributed by atoms with Crippen LogP contribution in [0, 0.1) is 17.0 Å². The van der Waals surface area contributed by atoms with Crippen LogP contribution < -0.4 is 4.74 Å². The summed E-state index contributed by atoms with van der Waals surface area (Å²) in [5, 5.41) is 10.7. The Morgan fingerprint density at radius 1 is 1.42 bits per heavy atom. The first-order valence-corrected chi connectivity index (χ1v) is 6.38. The minimum atomic E-state index is -0.549. The molecule has 0 saturated heterocycles. The molecular formula is C12H8BrClN2O3. The van der Waals surface area contributed by atoms with Crippen LogP contribution in [0.3, 0.4) is 0 Å². The fraction of sp³-hybridized carbons (Fsp3) is 0.0833. The average Bonchev–Trinajstić information content (AvgIpc) is 2.32. The molecule has 0 N–H and O–H groups in total. The smallest absolute Gasteiger partial charge is 0.288 e. The van der Waals surface area contributed by atoms with Crippen LogP contribution in [0.5, 0.6) is 11.6 Å². The standard InChI is InChI=1S/C12H8BrClN2O3/c1-7-4-9(13)12(15-6-7)19-8-2-3-11(16(17)18)10(14)5-8/h2-6H,1H3. The second-order valence-corrected chi connectivity index (χ2v) is 5.03. The van der Waals surface area contributed by atoms with Crippen molar-refractivity contribution >= 4 is 33.2 Å². The van der Waals surface area contributed by atoms with Gasteiger partial charge in [-0.15, -0.1) is 0 Å². The van der Waals surface area contributed by atoms with Crippen molar-refractivity contribution < 1.29 is 9.66 Å². The second-order valence-electron chi connectivity index (χ2n) is 3.77. The van der Waals surface area contributed by atoms with E-state index in [4.69, 9.17) is 16.3 Å². The zero-order valence-corrected chi connectivity index (χ0v) is 12.1. The van der Waals surface area contributed by atoms with Gasteiger partial charge in [0.15, 0.2) is 0 Å². The van der Waals surface area contributed by atoms with Gasteiger partial charge in [-0.1, -0.05) is 11.6 Å². The van der Waals surface area contributed by atoms with E-state index in [1.165, 1.54) is 18.2 Å². The van der Waals surface area contributed by atoms with Gasteiger partial charge >= 0.3 is 0 Å². The van der Waals surface area contributed by atoms with Crippen LogP contribution in [0.15, 0.2) is 34.9 Å². The van der Waals surface area contributed by atoms with Gasteiger partial charge in [0.1, 0.15) is 10.8 Å². The van der Waals surface area contributed by atoms with Crippen molar-refractivity contribution in [3.05, 3.63) is 55.6 Å². The van der Waals surface area contributed by atoms with E-state index in [2.05, 4.69) is 20.9 Å². The van der Waals surface area contributed by atoms with E-state index in [1.54, 1.807) is 6.20 Å². The summed E-state index contributed by atoms with van der Waals surface area (Å²) in [6.45, 7) is 1.91. The molecule has 5 nitrogen and oxygen atoms in total. The molecule has 0 bridgehead atoms. The van der Waals surface area contributed by atoms with Crippen LogP contribution in [0.4, 0.5) is 5.69 Å². The van der Waals surface area contributed by atoms with E-state index in [1.807, 2.05) is 13.0 Å². The summed E-state index contributed by atoms with van der Waals surface area (Å²) in [6, 6.07) is 6.00. The van der Waals surface area contributed by atoms with E-state index in [0.29, 0.717) is 16.1 Å². The van der Waals surface area contributed by atoms with Crippen molar-refractivity contribution in [3.63, 3.8) is 0 Å². The predicted octanol–water partition coefficient (Wildman–Crippen LogP) is 4.51. The number of nitro groups is 1. The normalized spacial score (nSPS) is 10.3. The fourth-order valence-corrected chi connectivity index (χ4v) is 2.19. The minimum absolute atomic E-state index is 0.0192. The first kappa shape index (κ1) is 13.8. The Morgan fingerprint density at radius 2 is 2.16 bits per heavy atom. The van der Waals surface area contributed by atoms with Gasteiger partial charge in [0.25, 0.3) is 5.69 Å².